The quantitative estimate of drug-likeness (QED) is 0.856. The van der Waals surface area contributed by atoms with Crippen LogP contribution in [0.15, 0.2) is 0 Å². The van der Waals surface area contributed by atoms with Gasteiger partial charge >= 0.3 is 0 Å². The highest BCUT2D eigenvalue weighted by atomic mass is 16.2. The molecule has 1 N–H and O–H groups in total. The average Bonchev–Trinajstić information content (AvgIpc) is 3.05. The molecular formula is C19H30N4O2. The van der Waals surface area contributed by atoms with Crippen molar-refractivity contribution in [1.29, 1.82) is 0 Å². The van der Waals surface area contributed by atoms with Crippen molar-refractivity contribution in [2.24, 2.45) is 5.92 Å². The van der Waals surface area contributed by atoms with Crippen LogP contribution in [-0.2, 0) is 16.0 Å². The molecule has 0 radical (unpaired) electrons. The van der Waals surface area contributed by atoms with Crippen LogP contribution in [0.25, 0.3) is 0 Å². The lowest BCUT2D eigenvalue weighted by molar-refractivity contribution is -0.133. The summed E-state index contributed by atoms with van der Waals surface area (Å²) in [7, 11) is 0. The number of hydrogen-bond acceptors (Lipinski definition) is 4. The van der Waals surface area contributed by atoms with E-state index in [9.17, 15) is 9.59 Å². The maximum Gasteiger partial charge on any atom is 0.225 e. The molecule has 6 nitrogen and oxygen atoms in total. The number of rotatable bonds is 6. The van der Waals surface area contributed by atoms with E-state index in [-0.39, 0.29) is 23.7 Å². The zero-order chi connectivity index (χ0) is 18.6. The van der Waals surface area contributed by atoms with Crippen LogP contribution in [0.2, 0.25) is 0 Å². The van der Waals surface area contributed by atoms with Gasteiger partial charge in [0.25, 0.3) is 0 Å². The molecule has 0 bridgehead atoms. The van der Waals surface area contributed by atoms with Gasteiger partial charge in [0.2, 0.25) is 11.8 Å². The molecule has 0 saturated carbocycles. The molecule has 0 spiro atoms. The Morgan fingerprint density at radius 3 is 2.44 bits per heavy atom. The van der Waals surface area contributed by atoms with Crippen molar-refractivity contribution in [3.05, 3.63) is 22.8 Å². The average molecular weight is 346 g/mol. The smallest absolute Gasteiger partial charge is 0.225 e. The van der Waals surface area contributed by atoms with Gasteiger partial charge in [-0.05, 0) is 26.7 Å². The Morgan fingerprint density at radius 2 is 1.88 bits per heavy atom. The number of carbonyl (C=O) groups excluding carboxylic acids is 2. The summed E-state index contributed by atoms with van der Waals surface area (Å²) in [5.41, 5.74) is 2.64. The van der Waals surface area contributed by atoms with Gasteiger partial charge in [0.15, 0.2) is 0 Å². The molecule has 1 aliphatic heterocycles. The Kier molecular flexibility index (Phi) is 6.51. The van der Waals surface area contributed by atoms with E-state index in [2.05, 4.69) is 15.3 Å². The van der Waals surface area contributed by atoms with E-state index in [1.54, 1.807) is 0 Å². The molecule has 138 valence electrons. The topological polar surface area (TPSA) is 75.2 Å². The van der Waals surface area contributed by atoms with Crippen LogP contribution in [-0.4, -0.2) is 46.3 Å². The van der Waals surface area contributed by atoms with E-state index < -0.39 is 0 Å². The second kappa shape index (κ2) is 8.41. The fourth-order valence-corrected chi connectivity index (χ4v) is 3.23. The van der Waals surface area contributed by atoms with Crippen LogP contribution in [0.5, 0.6) is 0 Å². The van der Waals surface area contributed by atoms with Crippen LogP contribution < -0.4 is 5.32 Å². The minimum Gasteiger partial charge on any atom is -0.356 e. The fourth-order valence-electron chi connectivity index (χ4n) is 3.23. The van der Waals surface area contributed by atoms with Crippen molar-refractivity contribution in [3.8, 4) is 0 Å². The molecule has 25 heavy (non-hydrogen) atoms. The highest BCUT2D eigenvalue weighted by Gasteiger charge is 2.30. The second-order valence-corrected chi connectivity index (χ2v) is 7.18. The van der Waals surface area contributed by atoms with Crippen LogP contribution in [0.4, 0.5) is 0 Å². The maximum atomic E-state index is 12.2. The molecule has 0 aliphatic carbocycles. The van der Waals surface area contributed by atoms with E-state index in [4.69, 9.17) is 0 Å². The largest absolute Gasteiger partial charge is 0.356 e. The lowest BCUT2D eigenvalue weighted by atomic mass is 10.0. The van der Waals surface area contributed by atoms with Crippen molar-refractivity contribution in [3.63, 3.8) is 0 Å². The molecule has 2 heterocycles. The first-order chi connectivity index (χ1) is 11.8. The predicted octanol–water partition coefficient (Wildman–Crippen LogP) is 2.13. The van der Waals surface area contributed by atoms with Gasteiger partial charge in [0.1, 0.15) is 5.82 Å². The van der Waals surface area contributed by atoms with E-state index in [0.717, 1.165) is 42.2 Å². The molecular weight excluding hydrogens is 316 g/mol. The normalized spacial score (nSPS) is 17.2. The van der Waals surface area contributed by atoms with Gasteiger partial charge in [-0.15, -0.1) is 0 Å². The highest BCUT2D eigenvalue weighted by molar-refractivity contribution is 5.79. The molecule has 1 aromatic heterocycles. The zero-order valence-electron chi connectivity index (χ0n) is 16.1. The zero-order valence-corrected chi connectivity index (χ0v) is 16.1. The van der Waals surface area contributed by atoms with Gasteiger partial charge in [0.05, 0.1) is 6.42 Å². The first kappa shape index (κ1) is 19.3. The van der Waals surface area contributed by atoms with Gasteiger partial charge in [-0.1, -0.05) is 20.8 Å². The number of carbonyl (C=O) groups is 2. The molecule has 2 amide bonds. The first-order valence-electron chi connectivity index (χ1n) is 9.23. The van der Waals surface area contributed by atoms with E-state index in [1.165, 1.54) is 0 Å². The van der Waals surface area contributed by atoms with Gasteiger partial charge in [-0.2, -0.15) is 0 Å². The van der Waals surface area contributed by atoms with Crippen molar-refractivity contribution in [1.82, 2.24) is 20.2 Å². The van der Waals surface area contributed by atoms with Crippen molar-refractivity contribution >= 4 is 11.8 Å². The molecule has 1 aliphatic rings. The molecule has 6 heteroatoms. The lowest BCUT2D eigenvalue weighted by Crippen LogP contribution is -2.32. The van der Waals surface area contributed by atoms with Crippen molar-refractivity contribution < 1.29 is 9.59 Å². The van der Waals surface area contributed by atoms with Gasteiger partial charge in [-0.25, -0.2) is 9.97 Å². The minimum atomic E-state index is 0.0129. The Bertz CT molecular complexity index is 619. The summed E-state index contributed by atoms with van der Waals surface area (Å²) in [5.74, 6) is 1.21. The third-order valence-corrected chi connectivity index (χ3v) is 4.71. The van der Waals surface area contributed by atoms with Crippen molar-refractivity contribution in [2.45, 2.75) is 59.8 Å². The Hall–Kier alpha value is -1.98. The maximum absolute atomic E-state index is 12.2. The molecule has 1 aromatic rings. The molecule has 1 atom stereocenters. The Balaban J connectivity index is 2.09. The standard InChI is InChI=1S/C19H30N4O2/c1-6-8-20-17(24)10-16-13(4)21-18(22-14(16)5)15-7-9-23(11-15)19(25)12(2)3/h12,15H,6-11H2,1-5H3,(H,20,24). The van der Waals surface area contributed by atoms with E-state index in [0.29, 0.717) is 19.5 Å². The SMILES string of the molecule is CCCNC(=O)Cc1c(C)nc(C2CCN(C(=O)C(C)C)C2)nc1C. The van der Waals surface area contributed by atoms with Gasteiger partial charge in [-0.3, -0.25) is 9.59 Å². The van der Waals surface area contributed by atoms with Gasteiger partial charge in [0, 0.05) is 48.4 Å². The number of nitrogens with zero attached hydrogens (tertiary/aromatic N) is 3. The third-order valence-electron chi connectivity index (χ3n) is 4.71. The minimum absolute atomic E-state index is 0.0129. The number of likely N-dealkylation sites (tertiary alicyclic amines) is 1. The van der Waals surface area contributed by atoms with Crippen LogP contribution >= 0.6 is 0 Å². The van der Waals surface area contributed by atoms with Crippen LogP contribution in [0, 0.1) is 19.8 Å². The molecule has 1 saturated heterocycles. The Labute approximate surface area is 150 Å². The van der Waals surface area contributed by atoms with Crippen molar-refractivity contribution in [2.75, 3.05) is 19.6 Å². The van der Waals surface area contributed by atoms with Crippen LogP contribution in [0.1, 0.15) is 62.3 Å². The summed E-state index contributed by atoms with van der Waals surface area (Å²) >= 11 is 0. The number of amides is 2. The third kappa shape index (κ3) is 4.77. The Morgan fingerprint density at radius 1 is 1.24 bits per heavy atom. The van der Waals surface area contributed by atoms with E-state index >= 15 is 0 Å². The number of hydrogen-bond donors (Lipinski definition) is 1. The molecule has 0 aromatic carbocycles. The first-order valence-corrected chi connectivity index (χ1v) is 9.23. The summed E-state index contributed by atoms with van der Waals surface area (Å²) in [6.07, 6.45) is 2.14. The highest BCUT2D eigenvalue weighted by Crippen LogP contribution is 2.27. The van der Waals surface area contributed by atoms with E-state index in [1.807, 2.05) is 39.5 Å². The molecule has 1 fully saturated rings. The number of nitrogens with one attached hydrogen (secondary N) is 1. The van der Waals surface area contributed by atoms with Crippen LogP contribution in [0.3, 0.4) is 0 Å². The summed E-state index contributed by atoms with van der Waals surface area (Å²) in [5, 5.41) is 2.90. The predicted molar refractivity (Wildman–Crippen MR) is 97.3 cm³/mol. The number of aryl methyl sites for hydroxylation is 2. The summed E-state index contributed by atoms with van der Waals surface area (Å²) in [4.78, 5) is 35.4. The summed E-state index contributed by atoms with van der Waals surface area (Å²) in [6, 6.07) is 0. The molecule has 2 rings (SSSR count). The second-order valence-electron chi connectivity index (χ2n) is 7.18. The molecule has 1 unspecified atom stereocenters. The fraction of sp³-hybridized carbons (Fsp3) is 0.684. The summed E-state index contributed by atoms with van der Waals surface area (Å²) < 4.78 is 0. The van der Waals surface area contributed by atoms with Gasteiger partial charge < -0.3 is 10.2 Å². The lowest BCUT2D eigenvalue weighted by Gasteiger charge is -2.19. The summed E-state index contributed by atoms with van der Waals surface area (Å²) in [6.45, 7) is 11.9. The number of aromatic nitrogens is 2. The monoisotopic (exact) mass is 346 g/mol.